The average molecular weight is 197 g/mol. The molecule has 0 heterocycles. The molecule has 3 heteroatoms. The zero-order chi connectivity index (χ0) is 8.81. The third-order valence-electron chi connectivity index (χ3n) is 1.72. The molecule has 0 aliphatic rings. The first-order chi connectivity index (χ1) is 5.86. The summed E-state index contributed by atoms with van der Waals surface area (Å²) in [4.78, 5) is 0. The third kappa shape index (κ3) is 3.93. The fraction of sp³-hybridized carbons (Fsp3) is 0.300. The number of hydrogen-bond donors (Lipinski definition) is 1. The molecule has 13 heavy (non-hydrogen) atoms. The Labute approximate surface area is 85.0 Å². The molecule has 0 atom stereocenters. The molecule has 0 aliphatic carbocycles. The van der Waals surface area contributed by atoms with Crippen molar-refractivity contribution in [1.82, 2.24) is 5.32 Å². The van der Waals surface area contributed by atoms with Crippen LogP contribution in [0.4, 0.5) is 0 Å². The Morgan fingerprint density at radius 3 is 2.85 bits per heavy atom. The van der Waals surface area contributed by atoms with Crippen LogP contribution >= 0.6 is 12.4 Å². The Balaban J connectivity index is 0.00000144. The van der Waals surface area contributed by atoms with Gasteiger partial charge in [-0.1, -0.05) is 12.1 Å². The van der Waals surface area contributed by atoms with Crippen molar-refractivity contribution in [3.8, 4) is 6.07 Å². The summed E-state index contributed by atoms with van der Waals surface area (Å²) in [5.74, 6) is 0. The van der Waals surface area contributed by atoms with Crippen LogP contribution in [0.1, 0.15) is 11.1 Å². The summed E-state index contributed by atoms with van der Waals surface area (Å²) in [5.41, 5.74) is 1.95. The van der Waals surface area contributed by atoms with Gasteiger partial charge in [-0.05, 0) is 37.7 Å². The van der Waals surface area contributed by atoms with E-state index in [2.05, 4.69) is 11.4 Å². The Hall–Kier alpha value is -1.04. The zero-order valence-corrected chi connectivity index (χ0v) is 8.40. The van der Waals surface area contributed by atoms with Gasteiger partial charge in [0.15, 0.2) is 0 Å². The van der Waals surface area contributed by atoms with Crippen LogP contribution in [0.15, 0.2) is 24.3 Å². The van der Waals surface area contributed by atoms with Crippen molar-refractivity contribution < 1.29 is 0 Å². The predicted octanol–water partition coefficient (Wildman–Crippen LogP) is 1.74. The molecule has 0 fully saturated rings. The minimum Gasteiger partial charge on any atom is -0.319 e. The van der Waals surface area contributed by atoms with E-state index >= 15 is 0 Å². The molecule has 0 saturated carbocycles. The number of nitrogens with one attached hydrogen (secondary N) is 1. The molecular formula is C10H13ClN2. The van der Waals surface area contributed by atoms with Crippen LogP contribution < -0.4 is 5.32 Å². The summed E-state index contributed by atoms with van der Waals surface area (Å²) < 4.78 is 0. The molecule has 0 aromatic heterocycles. The summed E-state index contributed by atoms with van der Waals surface area (Å²) in [6.07, 6.45) is 0.978. The van der Waals surface area contributed by atoms with Crippen molar-refractivity contribution in [3.05, 3.63) is 35.4 Å². The number of likely N-dealkylation sites (N-methyl/N-ethyl adjacent to an activating group) is 1. The molecule has 0 saturated heterocycles. The van der Waals surface area contributed by atoms with Gasteiger partial charge in [0.05, 0.1) is 11.6 Å². The number of nitriles is 1. The molecule has 0 aliphatic heterocycles. The molecule has 1 rings (SSSR count). The number of benzene rings is 1. The van der Waals surface area contributed by atoms with Crippen molar-refractivity contribution in [2.24, 2.45) is 0 Å². The monoisotopic (exact) mass is 196 g/mol. The Bertz CT molecular complexity index is 291. The Morgan fingerprint density at radius 1 is 1.46 bits per heavy atom. The molecule has 0 bridgehead atoms. The third-order valence-corrected chi connectivity index (χ3v) is 1.72. The second-order valence-corrected chi connectivity index (χ2v) is 2.67. The minimum atomic E-state index is 0. The van der Waals surface area contributed by atoms with Crippen LogP contribution in [0.5, 0.6) is 0 Å². The SMILES string of the molecule is CNCCc1cccc(C#N)c1.Cl. The fourth-order valence-corrected chi connectivity index (χ4v) is 1.07. The van der Waals surface area contributed by atoms with E-state index in [1.165, 1.54) is 5.56 Å². The van der Waals surface area contributed by atoms with Crippen molar-refractivity contribution in [2.45, 2.75) is 6.42 Å². The molecule has 0 unspecified atom stereocenters. The lowest BCUT2D eigenvalue weighted by Gasteiger charge is -1.99. The van der Waals surface area contributed by atoms with Crippen LogP contribution in [-0.2, 0) is 6.42 Å². The molecule has 70 valence electrons. The Morgan fingerprint density at radius 2 is 2.23 bits per heavy atom. The van der Waals surface area contributed by atoms with Gasteiger partial charge in [-0.25, -0.2) is 0 Å². The molecule has 2 nitrogen and oxygen atoms in total. The van der Waals surface area contributed by atoms with E-state index in [4.69, 9.17) is 5.26 Å². The van der Waals surface area contributed by atoms with E-state index in [9.17, 15) is 0 Å². The average Bonchev–Trinajstić information content (AvgIpc) is 2.15. The first-order valence-electron chi connectivity index (χ1n) is 4.00. The molecule has 1 aromatic carbocycles. The second-order valence-electron chi connectivity index (χ2n) is 2.67. The van der Waals surface area contributed by atoms with E-state index in [0.717, 1.165) is 18.5 Å². The summed E-state index contributed by atoms with van der Waals surface area (Å²) in [6.45, 7) is 0.953. The lowest BCUT2D eigenvalue weighted by atomic mass is 10.1. The summed E-state index contributed by atoms with van der Waals surface area (Å²) in [7, 11) is 1.92. The molecule has 0 spiro atoms. The quantitative estimate of drug-likeness (QED) is 0.800. The lowest BCUT2D eigenvalue weighted by molar-refractivity contribution is 0.791. The maximum absolute atomic E-state index is 8.62. The predicted molar refractivity (Wildman–Crippen MR) is 56.0 cm³/mol. The van der Waals surface area contributed by atoms with Gasteiger partial charge in [0, 0.05) is 0 Å². The highest BCUT2D eigenvalue weighted by Crippen LogP contribution is 2.03. The second kappa shape index (κ2) is 6.47. The highest BCUT2D eigenvalue weighted by molar-refractivity contribution is 5.85. The van der Waals surface area contributed by atoms with Crippen LogP contribution in [0.3, 0.4) is 0 Å². The number of halogens is 1. The Kier molecular flexibility index (Phi) is 5.96. The first kappa shape index (κ1) is 12.0. The topological polar surface area (TPSA) is 35.8 Å². The molecule has 1 aromatic rings. The van der Waals surface area contributed by atoms with Gasteiger partial charge in [0.2, 0.25) is 0 Å². The van der Waals surface area contributed by atoms with Gasteiger partial charge in [-0.2, -0.15) is 5.26 Å². The van der Waals surface area contributed by atoms with Crippen molar-refractivity contribution in [3.63, 3.8) is 0 Å². The van der Waals surface area contributed by atoms with E-state index in [-0.39, 0.29) is 12.4 Å². The van der Waals surface area contributed by atoms with Gasteiger partial charge in [-0.3, -0.25) is 0 Å². The highest BCUT2D eigenvalue weighted by atomic mass is 35.5. The fourth-order valence-electron chi connectivity index (χ4n) is 1.07. The molecule has 0 amide bonds. The van der Waals surface area contributed by atoms with Crippen LogP contribution in [-0.4, -0.2) is 13.6 Å². The summed E-state index contributed by atoms with van der Waals surface area (Å²) in [6, 6.07) is 9.83. The van der Waals surface area contributed by atoms with Gasteiger partial charge in [-0.15, -0.1) is 12.4 Å². The number of rotatable bonds is 3. The maximum atomic E-state index is 8.62. The maximum Gasteiger partial charge on any atom is 0.0991 e. The van der Waals surface area contributed by atoms with Crippen LogP contribution in [0.2, 0.25) is 0 Å². The smallest absolute Gasteiger partial charge is 0.0991 e. The summed E-state index contributed by atoms with van der Waals surface area (Å²) >= 11 is 0. The largest absolute Gasteiger partial charge is 0.319 e. The number of nitrogens with zero attached hydrogens (tertiary/aromatic N) is 1. The minimum absolute atomic E-state index is 0. The van der Waals surface area contributed by atoms with Crippen LogP contribution in [0, 0.1) is 11.3 Å². The van der Waals surface area contributed by atoms with Crippen molar-refractivity contribution in [1.29, 1.82) is 5.26 Å². The lowest BCUT2D eigenvalue weighted by Crippen LogP contribution is -2.10. The summed E-state index contributed by atoms with van der Waals surface area (Å²) in [5, 5.41) is 11.7. The molecular weight excluding hydrogens is 184 g/mol. The zero-order valence-electron chi connectivity index (χ0n) is 7.58. The standard InChI is InChI=1S/C10H12N2.ClH/c1-12-6-5-9-3-2-4-10(7-9)8-11;/h2-4,7,12H,5-6H2,1H3;1H. The first-order valence-corrected chi connectivity index (χ1v) is 4.00. The normalized spacial score (nSPS) is 8.62. The molecule has 1 N–H and O–H groups in total. The van der Waals surface area contributed by atoms with Crippen molar-refractivity contribution >= 4 is 12.4 Å². The van der Waals surface area contributed by atoms with Gasteiger partial charge < -0.3 is 5.32 Å². The number of hydrogen-bond acceptors (Lipinski definition) is 2. The van der Waals surface area contributed by atoms with Crippen LogP contribution in [0.25, 0.3) is 0 Å². The highest BCUT2D eigenvalue weighted by Gasteiger charge is 1.93. The van der Waals surface area contributed by atoms with Gasteiger partial charge >= 0.3 is 0 Å². The van der Waals surface area contributed by atoms with E-state index in [1.54, 1.807) is 0 Å². The van der Waals surface area contributed by atoms with Gasteiger partial charge in [0.25, 0.3) is 0 Å². The van der Waals surface area contributed by atoms with Gasteiger partial charge in [0.1, 0.15) is 0 Å². The molecule has 0 radical (unpaired) electrons. The van der Waals surface area contributed by atoms with Crippen molar-refractivity contribution in [2.75, 3.05) is 13.6 Å². The van der Waals surface area contributed by atoms with E-state index in [1.807, 2.05) is 31.3 Å². The van der Waals surface area contributed by atoms with E-state index < -0.39 is 0 Å². The van der Waals surface area contributed by atoms with E-state index in [0.29, 0.717) is 0 Å².